The van der Waals surface area contributed by atoms with Crippen LogP contribution in [0.25, 0.3) is 21.3 Å². The van der Waals surface area contributed by atoms with Crippen LogP contribution in [0.2, 0.25) is 0 Å². The van der Waals surface area contributed by atoms with Crippen LogP contribution in [0.5, 0.6) is 0 Å². The zero-order valence-electron chi connectivity index (χ0n) is 8.92. The van der Waals surface area contributed by atoms with Crippen LogP contribution >= 0.6 is 8.19 Å². The van der Waals surface area contributed by atoms with Gasteiger partial charge in [0, 0.05) is 5.12 Å². The van der Waals surface area contributed by atoms with Crippen molar-refractivity contribution in [2.75, 3.05) is 0 Å². The number of hydrogen-bond donors (Lipinski definition) is 1. The fourth-order valence-electron chi connectivity index (χ4n) is 2.01. The summed E-state index contributed by atoms with van der Waals surface area (Å²) in [6, 6.07) is 15.8. The van der Waals surface area contributed by atoms with E-state index in [1.807, 2.05) is 30.3 Å². The highest BCUT2D eigenvalue weighted by molar-refractivity contribution is 7.38. The maximum Gasteiger partial charge on any atom is 0.340 e. The van der Waals surface area contributed by atoms with E-state index < -0.39 is 5.97 Å². The largest absolute Gasteiger partial charge is 0.477 e. The van der Waals surface area contributed by atoms with Gasteiger partial charge >= 0.3 is 5.97 Å². The average Bonchev–Trinajstić information content (AvgIpc) is 2.38. The quantitative estimate of drug-likeness (QED) is 0.645. The van der Waals surface area contributed by atoms with E-state index in [2.05, 4.69) is 12.1 Å². The first-order chi connectivity index (χ1) is 8.25. The van der Waals surface area contributed by atoms with Crippen molar-refractivity contribution in [2.24, 2.45) is 0 Å². The summed E-state index contributed by atoms with van der Waals surface area (Å²) in [5.74, 6) is -0.846. The van der Waals surface area contributed by atoms with Gasteiger partial charge in [0.15, 0.2) is 0 Å². The summed E-state index contributed by atoms with van der Waals surface area (Å²) < 4.78 is 0. The second-order valence-corrected chi connectivity index (χ2v) is 5.04. The van der Waals surface area contributed by atoms with Gasteiger partial charge in [-0.15, -0.1) is 0 Å². The van der Waals surface area contributed by atoms with Crippen molar-refractivity contribution in [2.45, 2.75) is 0 Å². The monoisotopic (exact) mass is 240 g/mol. The van der Waals surface area contributed by atoms with Crippen molar-refractivity contribution in [3.05, 3.63) is 53.8 Å². The van der Waals surface area contributed by atoms with Crippen LogP contribution in [0.15, 0.2) is 48.5 Å². The van der Waals surface area contributed by atoms with Gasteiger partial charge < -0.3 is 5.11 Å². The third-order valence-electron chi connectivity index (χ3n) is 2.82. The Hall–Kier alpha value is -1.92. The molecule has 0 saturated carbocycles. The zero-order valence-corrected chi connectivity index (χ0v) is 9.82. The molecule has 0 aliphatic carbocycles. The first-order valence-corrected chi connectivity index (χ1v) is 6.17. The number of carboxylic acid groups (broad SMARTS) is 1. The molecule has 0 fully saturated rings. The molecule has 0 saturated heterocycles. The molecule has 82 valence electrons. The minimum Gasteiger partial charge on any atom is -0.477 e. The molecule has 0 atom stereocenters. The lowest BCUT2D eigenvalue weighted by Gasteiger charge is -2.03. The van der Waals surface area contributed by atoms with Crippen LogP contribution < -0.4 is 0 Å². The highest BCUT2D eigenvalue weighted by atomic mass is 31.0. The van der Waals surface area contributed by atoms with E-state index >= 15 is 0 Å². The Morgan fingerprint density at radius 3 is 2.59 bits per heavy atom. The maximum atomic E-state index is 10.9. The molecule has 0 aliphatic heterocycles. The number of carboxylic acids is 1. The number of aromatic carboxylic acids is 1. The minimum absolute atomic E-state index is 0.424. The van der Waals surface area contributed by atoms with Gasteiger partial charge in [-0.05, 0) is 28.3 Å². The lowest BCUT2D eigenvalue weighted by molar-refractivity contribution is 0.0702. The normalized spacial score (nSPS) is 11.3. The van der Waals surface area contributed by atoms with Crippen molar-refractivity contribution in [1.82, 2.24) is 0 Å². The Bertz CT molecular complexity index is 734. The molecule has 0 unspecified atom stereocenters. The third-order valence-corrected chi connectivity index (χ3v) is 4.03. The first-order valence-electron chi connectivity index (χ1n) is 5.27. The van der Waals surface area contributed by atoms with Gasteiger partial charge in [-0.3, -0.25) is 0 Å². The summed E-state index contributed by atoms with van der Waals surface area (Å²) in [7, 11) is 0.774. The molecule has 0 radical (unpaired) electrons. The molecule has 3 rings (SSSR count). The standard InChI is InChI=1S/C14H9O2P/c15-14(16)13-8-6-11-10-4-2-1-3-9(10)5-7-12(11)17-13/h1-8H,(H,15,16). The third kappa shape index (κ3) is 1.67. The van der Waals surface area contributed by atoms with Gasteiger partial charge in [-0.25, -0.2) is 4.79 Å². The Balaban J connectivity index is 2.41. The molecule has 3 heteroatoms. The Morgan fingerprint density at radius 2 is 1.76 bits per heavy atom. The van der Waals surface area contributed by atoms with Crippen LogP contribution in [0.1, 0.15) is 10.1 Å². The molecule has 3 aromatic rings. The summed E-state index contributed by atoms with van der Waals surface area (Å²) in [5.41, 5.74) is 0. The second kappa shape index (κ2) is 3.83. The molecule has 0 bridgehead atoms. The fraction of sp³-hybridized carbons (Fsp3) is 0. The van der Waals surface area contributed by atoms with Crippen LogP contribution in [0, 0.1) is 0 Å². The molecule has 1 N–H and O–H groups in total. The Morgan fingerprint density at radius 1 is 0.941 bits per heavy atom. The van der Waals surface area contributed by atoms with Crippen LogP contribution in [-0.2, 0) is 0 Å². The van der Waals surface area contributed by atoms with Crippen LogP contribution in [0.4, 0.5) is 0 Å². The lowest BCUT2D eigenvalue weighted by Crippen LogP contribution is -1.91. The number of carbonyl (C=O) groups is 1. The van der Waals surface area contributed by atoms with Crippen molar-refractivity contribution in [3.63, 3.8) is 0 Å². The summed E-state index contributed by atoms with van der Waals surface area (Å²) in [6.07, 6.45) is 0. The molecule has 1 aromatic heterocycles. The van der Waals surface area contributed by atoms with E-state index in [1.165, 1.54) is 10.8 Å². The maximum absolute atomic E-state index is 10.9. The average molecular weight is 240 g/mol. The molecule has 0 amide bonds. The molecular formula is C14H9O2P. The highest BCUT2D eigenvalue weighted by Gasteiger charge is 2.06. The van der Waals surface area contributed by atoms with Gasteiger partial charge in [0.05, 0.1) is 5.30 Å². The zero-order chi connectivity index (χ0) is 11.8. The van der Waals surface area contributed by atoms with E-state index in [1.54, 1.807) is 6.07 Å². The van der Waals surface area contributed by atoms with E-state index in [0.29, 0.717) is 5.30 Å². The summed E-state index contributed by atoms with van der Waals surface area (Å²) in [5, 5.41) is 14.0. The van der Waals surface area contributed by atoms with Gasteiger partial charge in [0.25, 0.3) is 0 Å². The van der Waals surface area contributed by atoms with Gasteiger partial charge in [-0.1, -0.05) is 44.6 Å². The predicted molar refractivity (Wildman–Crippen MR) is 70.9 cm³/mol. The molecule has 17 heavy (non-hydrogen) atoms. The van der Waals surface area contributed by atoms with Crippen molar-refractivity contribution < 1.29 is 9.90 Å². The summed E-state index contributed by atoms with van der Waals surface area (Å²) in [4.78, 5) is 10.9. The van der Waals surface area contributed by atoms with E-state index in [9.17, 15) is 4.79 Å². The van der Waals surface area contributed by atoms with Crippen molar-refractivity contribution in [3.8, 4) is 0 Å². The van der Waals surface area contributed by atoms with Crippen molar-refractivity contribution in [1.29, 1.82) is 0 Å². The topological polar surface area (TPSA) is 37.3 Å². The number of hydrogen-bond acceptors (Lipinski definition) is 1. The minimum atomic E-state index is -0.846. The molecule has 0 aliphatic rings. The van der Waals surface area contributed by atoms with Crippen molar-refractivity contribution >= 4 is 35.4 Å². The van der Waals surface area contributed by atoms with Gasteiger partial charge in [0.2, 0.25) is 0 Å². The molecule has 2 nitrogen and oxygen atoms in total. The Labute approximate surface area is 99.6 Å². The smallest absolute Gasteiger partial charge is 0.340 e. The van der Waals surface area contributed by atoms with Gasteiger partial charge in [0.1, 0.15) is 0 Å². The fourth-order valence-corrected chi connectivity index (χ4v) is 2.97. The number of fused-ring (bicyclic) bond motifs is 3. The molecule has 2 aromatic carbocycles. The van der Waals surface area contributed by atoms with E-state index in [0.717, 1.165) is 18.7 Å². The predicted octanol–water partition coefficient (Wildman–Crippen LogP) is 4.27. The van der Waals surface area contributed by atoms with Crippen LogP contribution in [0.3, 0.4) is 0 Å². The first kappa shape index (κ1) is 10.2. The number of benzene rings is 2. The molecular weight excluding hydrogens is 231 g/mol. The summed E-state index contributed by atoms with van der Waals surface area (Å²) >= 11 is 0. The van der Waals surface area contributed by atoms with Gasteiger partial charge in [-0.2, -0.15) is 0 Å². The SMILES string of the molecule is O=C(O)c1ccc2c(ccc3ccccc32)p1. The highest BCUT2D eigenvalue weighted by Crippen LogP contribution is 2.32. The van der Waals surface area contributed by atoms with E-state index in [4.69, 9.17) is 5.11 Å². The van der Waals surface area contributed by atoms with E-state index in [-0.39, 0.29) is 0 Å². The Kier molecular flexibility index (Phi) is 2.31. The van der Waals surface area contributed by atoms with Crippen LogP contribution in [-0.4, -0.2) is 11.1 Å². The summed E-state index contributed by atoms with van der Waals surface area (Å²) in [6.45, 7) is 0. The number of rotatable bonds is 1. The lowest BCUT2D eigenvalue weighted by atomic mass is 10.1. The molecule has 1 heterocycles. The molecule has 0 spiro atoms. The second-order valence-electron chi connectivity index (χ2n) is 3.86.